The highest BCUT2D eigenvalue weighted by Crippen LogP contribution is 2.32. The van der Waals surface area contributed by atoms with E-state index in [1.165, 1.54) is 11.1 Å². The molecule has 0 heterocycles. The molecule has 0 aliphatic heterocycles. The van der Waals surface area contributed by atoms with Crippen molar-refractivity contribution >= 4 is 0 Å². The Morgan fingerprint density at radius 2 is 1.67 bits per heavy atom. The van der Waals surface area contributed by atoms with Gasteiger partial charge in [0, 0.05) is 11.6 Å². The molecule has 2 rings (SSSR count). The highest BCUT2D eigenvalue weighted by Gasteiger charge is 2.12. The molecule has 0 bridgehead atoms. The standard InChI is InChI=1S/C19H25NO/c1-13(2)16-11-10-14(3)19(12-16)21-18-9-7-6-8-17(18)15(4)20-5/h6-13,15,20H,1-5H3. The van der Waals surface area contributed by atoms with Crippen LogP contribution >= 0.6 is 0 Å². The molecule has 0 amide bonds. The van der Waals surface area contributed by atoms with Crippen molar-refractivity contribution in [2.75, 3.05) is 7.05 Å². The second-order valence-corrected chi connectivity index (χ2v) is 5.83. The molecule has 0 aromatic heterocycles. The van der Waals surface area contributed by atoms with E-state index in [0.29, 0.717) is 5.92 Å². The maximum atomic E-state index is 6.21. The normalized spacial score (nSPS) is 12.5. The molecule has 0 radical (unpaired) electrons. The van der Waals surface area contributed by atoms with Crippen LogP contribution in [0.5, 0.6) is 11.5 Å². The van der Waals surface area contributed by atoms with Gasteiger partial charge in [0.1, 0.15) is 11.5 Å². The van der Waals surface area contributed by atoms with E-state index >= 15 is 0 Å². The summed E-state index contributed by atoms with van der Waals surface area (Å²) < 4.78 is 6.21. The largest absolute Gasteiger partial charge is 0.457 e. The topological polar surface area (TPSA) is 21.3 Å². The van der Waals surface area contributed by atoms with Crippen LogP contribution in [0.1, 0.15) is 49.4 Å². The van der Waals surface area contributed by atoms with Crippen LogP contribution in [0.2, 0.25) is 0 Å². The van der Waals surface area contributed by atoms with Crippen LogP contribution in [0, 0.1) is 6.92 Å². The summed E-state index contributed by atoms with van der Waals surface area (Å²) in [5, 5.41) is 3.27. The Hall–Kier alpha value is -1.80. The average molecular weight is 283 g/mol. The van der Waals surface area contributed by atoms with Gasteiger partial charge in [-0.1, -0.05) is 44.2 Å². The quantitative estimate of drug-likeness (QED) is 0.815. The molecule has 21 heavy (non-hydrogen) atoms. The Kier molecular flexibility index (Phi) is 5.03. The van der Waals surface area contributed by atoms with Gasteiger partial charge in [0.2, 0.25) is 0 Å². The number of para-hydroxylation sites is 1. The molecule has 2 aromatic carbocycles. The molecule has 1 unspecified atom stereocenters. The lowest BCUT2D eigenvalue weighted by atomic mass is 10.0. The van der Waals surface area contributed by atoms with Gasteiger partial charge in [0.15, 0.2) is 0 Å². The van der Waals surface area contributed by atoms with Gasteiger partial charge in [-0.3, -0.25) is 0 Å². The molecule has 0 saturated carbocycles. The minimum Gasteiger partial charge on any atom is -0.457 e. The first-order chi connectivity index (χ1) is 10.0. The summed E-state index contributed by atoms with van der Waals surface area (Å²) in [5.74, 6) is 2.36. The van der Waals surface area contributed by atoms with Gasteiger partial charge in [0.25, 0.3) is 0 Å². The zero-order chi connectivity index (χ0) is 15.4. The Morgan fingerprint density at radius 3 is 2.33 bits per heavy atom. The summed E-state index contributed by atoms with van der Waals surface area (Å²) >= 11 is 0. The predicted octanol–water partition coefficient (Wildman–Crippen LogP) is 5.19. The van der Waals surface area contributed by atoms with Crippen molar-refractivity contribution in [2.24, 2.45) is 0 Å². The lowest BCUT2D eigenvalue weighted by Crippen LogP contribution is -2.13. The molecule has 0 saturated heterocycles. The second kappa shape index (κ2) is 6.77. The summed E-state index contributed by atoms with van der Waals surface area (Å²) in [7, 11) is 1.96. The molecule has 0 spiro atoms. The molecule has 1 atom stereocenters. The van der Waals surface area contributed by atoms with Crippen molar-refractivity contribution in [1.82, 2.24) is 5.32 Å². The number of ether oxygens (including phenoxy) is 1. The van der Waals surface area contributed by atoms with Crippen LogP contribution in [0.4, 0.5) is 0 Å². The summed E-state index contributed by atoms with van der Waals surface area (Å²) in [6.45, 7) is 8.63. The van der Waals surface area contributed by atoms with Crippen molar-refractivity contribution in [3.05, 3.63) is 59.2 Å². The third-order valence-corrected chi connectivity index (χ3v) is 3.92. The Labute approximate surface area is 128 Å². The van der Waals surface area contributed by atoms with Gasteiger partial charge >= 0.3 is 0 Å². The van der Waals surface area contributed by atoms with Crippen LogP contribution in [0.25, 0.3) is 0 Å². The number of aryl methyl sites for hydroxylation is 1. The van der Waals surface area contributed by atoms with Crippen LogP contribution in [0.3, 0.4) is 0 Å². The van der Waals surface area contributed by atoms with E-state index in [2.05, 4.69) is 57.3 Å². The van der Waals surface area contributed by atoms with Crippen LogP contribution in [0.15, 0.2) is 42.5 Å². The fourth-order valence-corrected chi connectivity index (χ4v) is 2.29. The zero-order valence-electron chi connectivity index (χ0n) is 13.6. The first-order valence-electron chi connectivity index (χ1n) is 7.57. The predicted molar refractivity (Wildman–Crippen MR) is 89.3 cm³/mol. The Bertz CT molecular complexity index is 604. The van der Waals surface area contributed by atoms with E-state index in [1.54, 1.807) is 0 Å². The smallest absolute Gasteiger partial charge is 0.132 e. The average Bonchev–Trinajstić information content (AvgIpc) is 2.49. The molecule has 0 aliphatic carbocycles. The van der Waals surface area contributed by atoms with Crippen molar-refractivity contribution < 1.29 is 4.74 Å². The molecule has 0 aliphatic rings. The molecular formula is C19H25NO. The molecule has 0 fully saturated rings. The van der Waals surface area contributed by atoms with Gasteiger partial charge in [0.05, 0.1) is 0 Å². The Balaban J connectivity index is 2.36. The molecule has 2 heteroatoms. The molecule has 112 valence electrons. The van der Waals surface area contributed by atoms with Gasteiger partial charge in [-0.05, 0) is 50.1 Å². The van der Waals surface area contributed by atoms with Gasteiger partial charge in [-0.25, -0.2) is 0 Å². The van der Waals surface area contributed by atoms with E-state index < -0.39 is 0 Å². The minimum atomic E-state index is 0.259. The van der Waals surface area contributed by atoms with Gasteiger partial charge < -0.3 is 10.1 Å². The molecule has 1 N–H and O–H groups in total. The number of benzene rings is 2. The van der Waals surface area contributed by atoms with Gasteiger partial charge in [-0.2, -0.15) is 0 Å². The molecule has 2 aromatic rings. The third kappa shape index (κ3) is 3.64. The first-order valence-corrected chi connectivity index (χ1v) is 7.57. The lowest BCUT2D eigenvalue weighted by Gasteiger charge is -2.18. The highest BCUT2D eigenvalue weighted by atomic mass is 16.5. The van der Waals surface area contributed by atoms with Crippen molar-refractivity contribution in [3.63, 3.8) is 0 Å². The number of hydrogen-bond acceptors (Lipinski definition) is 2. The number of hydrogen-bond donors (Lipinski definition) is 1. The van der Waals surface area contributed by atoms with Crippen molar-refractivity contribution in [3.8, 4) is 11.5 Å². The van der Waals surface area contributed by atoms with Crippen LogP contribution in [-0.4, -0.2) is 7.05 Å². The lowest BCUT2D eigenvalue weighted by molar-refractivity contribution is 0.462. The van der Waals surface area contributed by atoms with E-state index in [0.717, 1.165) is 17.1 Å². The van der Waals surface area contributed by atoms with Crippen LogP contribution in [-0.2, 0) is 0 Å². The summed E-state index contributed by atoms with van der Waals surface area (Å²) in [6, 6.07) is 14.9. The minimum absolute atomic E-state index is 0.259. The maximum Gasteiger partial charge on any atom is 0.132 e. The van der Waals surface area contributed by atoms with Crippen LogP contribution < -0.4 is 10.1 Å². The third-order valence-electron chi connectivity index (χ3n) is 3.92. The summed E-state index contributed by atoms with van der Waals surface area (Å²) in [5.41, 5.74) is 3.63. The molecule has 2 nitrogen and oxygen atoms in total. The summed E-state index contributed by atoms with van der Waals surface area (Å²) in [6.07, 6.45) is 0. The van der Waals surface area contributed by atoms with Crippen molar-refractivity contribution in [1.29, 1.82) is 0 Å². The SMILES string of the molecule is CNC(C)c1ccccc1Oc1cc(C(C)C)ccc1C. The highest BCUT2D eigenvalue weighted by molar-refractivity contribution is 5.44. The summed E-state index contributed by atoms with van der Waals surface area (Å²) in [4.78, 5) is 0. The van der Waals surface area contributed by atoms with E-state index in [1.807, 2.05) is 25.2 Å². The maximum absolute atomic E-state index is 6.21. The fraction of sp³-hybridized carbons (Fsp3) is 0.368. The molecular weight excluding hydrogens is 258 g/mol. The fourth-order valence-electron chi connectivity index (χ4n) is 2.29. The van der Waals surface area contributed by atoms with Crippen molar-refractivity contribution in [2.45, 2.75) is 39.7 Å². The second-order valence-electron chi connectivity index (χ2n) is 5.83. The van der Waals surface area contributed by atoms with Gasteiger partial charge in [-0.15, -0.1) is 0 Å². The first kappa shape index (κ1) is 15.6. The zero-order valence-corrected chi connectivity index (χ0v) is 13.6. The number of nitrogens with one attached hydrogen (secondary N) is 1. The van der Waals surface area contributed by atoms with E-state index in [-0.39, 0.29) is 6.04 Å². The van der Waals surface area contributed by atoms with E-state index in [9.17, 15) is 0 Å². The Morgan fingerprint density at radius 1 is 0.952 bits per heavy atom. The number of rotatable bonds is 5. The monoisotopic (exact) mass is 283 g/mol. The van der Waals surface area contributed by atoms with E-state index in [4.69, 9.17) is 4.74 Å².